The zero-order valence-corrected chi connectivity index (χ0v) is 10.3. The van der Waals surface area contributed by atoms with Crippen molar-refractivity contribution in [3.63, 3.8) is 0 Å². The van der Waals surface area contributed by atoms with Gasteiger partial charge in [-0.25, -0.2) is 0 Å². The Labute approximate surface area is 92.5 Å². The minimum absolute atomic E-state index is 0.0132. The van der Waals surface area contributed by atoms with E-state index in [2.05, 4.69) is 39.7 Å². The second kappa shape index (κ2) is 4.35. The van der Waals surface area contributed by atoms with Gasteiger partial charge in [0, 0.05) is 12.8 Å². The first kappa shape index (κ1) is 12.2. The van der Waals surface area contributed by atoms with Gasteiger partial charge >= 0.3 is 0 Å². The molecule has 0 bridgehead atoms. The fourth-order valence-electron chi connectivity index (χ4n) is 2.28. The average molecular weight is 211 g/mol. The predicted octanol–water partition coefficient (Wildman–Crippen LogP) is 1.10. The Morgan fingerprint density at radius 3 is 2.60 bits per heavy atom. The summed E-state index contributed by atoms with van der Waals surface area (Å²) in [5.74, 6) is 0.489. The SMILES string of the molecule is C=C(C)[C@@H]1CC[C@](C)([NH+](C)C)/C(=N\O)C1. The van der Waals surface area contributed by atoms with Crippen LogP contribution < -0.4 is 4.90 Å². The standard InChI is InChI=1S/C12H22N2O/c1-9(2)10-6-7-12(3,14(4)5)11(8-10)13-15/h10,15H,1,6-8H2,2-5H3/p+1/b13-11-/t10-,12+/m1/s1. The normalized spacial score (nSPS) is 34.7. The lowest BCUT2D eigenvalue weighted by Crippen LogP contribution is -3.16. The number of oxime groups is 1. The molecule has 0 aromatic carbocycles. The third-order valence-corrected chi connectivity index (χ3v) is 3.99. The van der Waals surface area contributed by atoms with Crippen LogP contribution in [0.15, 0.2) is 17.3 Å². The van der Waals surface area contributed by atoms with E-state index in [1.54, 1.807) is 0 Å². The monoisotopic (exact) mass is 211 g/mol. The molecular weight excluding hydrogens is 188 g/mol. The molecule has 0 aromatic rings. The Bertz CT molecular complexity index is 283. The van der Waals surface area contributed by atoms with Crippen molar-refractivity contribution in [2.24, 2.45) is 11.1 Å². The summed E-state index contributed by atoms with van der Waals surface area (Å²) < 4.78 is 0. The van der Waals surface area contributed by atoms with Crippen LogP contribution in [0.3, 0.4) is 0 Å². The van der Waals surface area contributed by atoms with E-state index in [1.807, 2.05) is 0 Å². The fraction of sp³-hybridized carbons (Fsp3) is 0.750. The van der Waals surface area contributed by atoms with E-state index in [0.29, 0.717) is 5.92 Å². The lowest BCUT2D eigenvalue weighted by Gasteiger charge is -2.39. The summed E-state index contributed by atoms with van der Waals surface area (Å²) >= 11 is 0. The summed E-state index contributed by atoms with van der Waals surface area (Å²) in [6.07, 6.45) is 3.07. The zero-order chi connectivity index (χ0) is 11.6. The third-order valence-electron chi connectivity index (χ3n) is 3.99. The van der Waals surface area contributed by atoms with Gasteiger partial charge in [-0.3, -0.25) is 0 Å². The first-order valence-corrected chi connectivity index (χ1v) is 5.59. The lowest BCUT2D eigenvalue weighted by atomic mass is 9.73. The number of quaternary nitrogens is 1. The lowest BCUT2D eigenvalue weighted by molar-refractivity contribution is -0.901. The van der Waals surface area contributed by atoms with Gasteiger partial charge in [0.25, 0.3) is 0 Å². The summed E-state index contributed by atoms with van der Waals surface area (Å²) in [5.41, 5.74) is 2.11. The summed E-state index contributed by atoms with van der Waals surface area (Å²) in [6.45, 7) is 8.23. The molecule has 1 fully saturated rings. The largest absolute Gasteiger partial charge is 0.411 e. The van der Waals surface area contributed by atoms with Gasteiger partial charge in [0.1, 0.15) is 11.3 Å². The first-order valence-electron chi connectivity index (χ1n) is 5.59. The number of hydrogen-bond acceptors (Lipinski definition) is 2. The molecule has 0 radical (unpaired) electrons. The molecule has 0 saturated heterocycles. The van der Waals surface area contributed by atoms with Crippen LogP contribution in [0.2, 0.25) is 0 Å². The molecule has 0 heterocycles. The number of nitrogens with zero attached hydrogens (tertiary/aromatic N) is 1. The predicted molar refractivity (Wildman–Crippen MR) is 62.6 cm³/mol. The van der Waals surface area contributed by atoms with Gasteiger partial charge in [-0.1, -0.05) is 17.3 Å². The molecule has 3 nitrogen and oxygen atoms in total. The van der Waals surface area contributed by atoms with E-state index in [-0.39, 0.29) is 5.54 Å². The molecule has 1 aliphatic rings. The highest BCUT2D eigenvalue weighted by Gasteiger charge is 2.42. The molecule has 0 unspecified atom stereocenters. The number of nitrogens with one attached hydrogen (secondary N) is 1. The highest BCUT2D eigenvalue weighted by molar-refractivity contribution is 5.92. The van der Waals surface area contributed by atoms with Crippen LogP contribution in [0.1, 0.15) is 33.1 Å². The Kier molecular flexibility index (Phi) is 3.55. The molecular formula is C12H23N2O+. The molecule has 3 heteroatoms. The van der Waals surface area contributed by atoms with Crippen LogP contribution in [0.4, 0.5) is 0 Å². The number of rotatable bonds is 2. The van der Waals surface area contributed by atoms with Gasteiger partial charge in [0.2, 0.25) is 0 Å². The molecule has 0 spiro atoms. The van der Waals surface area contributed by atoms with Crippen molar-refractivity contribution in [3.8, 4) is 0 Å². The highest BCUT2D eigenvalue weighted by atomic mass is 16.4. The van der Waals surface area contributed by atoms with Crippen LogP contribution in [-0.4, -0.2) is 30.6 Å². The van der Waals surface area contributed by atoms with E-state index in [9.17, 15) is 0 Å². The van der Waals surface area contributed by atoms with Crippen molar-refractivity contribution in [1.82, 2.24) is 0 Å². The van der Waals surface area contributed by atoms with Crippen molar-refractivity contribution in [1.29, 1.82) is 0 Å². The number of hydrogen-bond donors (Lipinski definition) is 2. The van der Waals surface area contributed by atoms with Crippen molar-refractivity contribution in [2.75, 3.05) is 14.1 Å². The molecule has 1 saturated carbocycles. The molecule has 0 aromatic heterocycles. The Morgan fingerprint density at radius 2 is 2.20 bits per heavy atom. The van der Waals surface area contributed by atoms with Crippen LogP contribution in [-0.2, 0) is 0 Å². The van der Waals surface area contributed by atoms with E-state index in [1.165, 1.54) is 10.5 Å². The number of allylic oxidation sites excluding steroid dienone is 1. The van der Waals surface area contributed by atoms with Crippen molar-refractivity contribution >= 4 is 5.71 Å². The second-order valence-electron chi connectivity index (χ2n) is 5.16. The van der Waals surface area contributed by atoms with Crippen LogP contribution in [0, 0.1) is 5.92 Å². The minimum atomic E-state index is -0.0132. The van der Waals surface area contributed by atoms with Gasteiger partial charge in [-0.2, -0.15) is 0 Å². The van der Waals surface area contributed by atoms with Crippen molar-refractivity contribution in [2.45, 2.75) is 38.6 Å². The maximum absolute atomic E-state index is 9.12. The van der Waals surface area contributed by atoms with Gasteiger partial charge in [-0.15, -0.1) is 0 Å². The first-order chi connectivity index (χ1) is 6.91. The average Bonchev–Trinajstić information content (AvgIpc) is 2.17. The molecule has 15 heavy (non-hydrogen) atoms. The summed E-state index contributed by atoms with van der Waals surface area (Å²) in [4.78, 5) is 1.33. The molecule has 1 rings (SSSR count). The van der Waals surface area contributed by atoms with E-state index in [0.717, 1.165) is 25.0 Å². The second-order valence-corrected chi connectivity index (χ2v) is 5.16. The summed E-state index contributed by atoms with van der Waals surface area (Å²) in [7, 11) is 4.23. The summed E-state index contributed by atoms with van der Waals surface area (Å²) in [6, 6.07) is 0. The van der Waals surface area contributed by atoms with Crippen molar-refractivity contribution in [3.05, 3.63) is 12.2 Å². The van der Waals surface area contributed by atoms with Gasteiger partial charge in [0.05, 0.1) is 14.1 Å². The van der Waals surface area contributed by atoms with Crippen molar-refractivity contribution < 1.29 is 10.1 Å². The topological polar surface area (TPSA) is 37.0 Å². The highest BCUT2D eigenvalue weighted by Crippen LogP contribution is 2.31. The van der Waals surface area contributed by atoms with Crippen LogP contribution in [0.5, 0.6) is 0 Å². The van der Waals surface area contributed by atoms with Crippen LogP contribution >= 0.6 is 0 Å². The molecule has 0 amide bonds. The van der Waals surface area contributed by atoms with Gasteiger partial charge < -0.3 is 10.1 Å². The van der Waals surface area contributed by atoms with E-state index < -0.39 is 0 Å². The fourth-order valence-corrected chi connectivity index (χ4v) is 2.28. The van der Waals surface area contributed by atoms with Gasteiger partial charge in [0.15, 0.2) is 0 Å². The molecule has 2 atom stereocenters. The maximum atomic E-state index is 9.12. The van der Waals surface area contributed by atoms with E-state index >= 15 is 0 Å². The van der Waals surface area contributed by atoms with Crippen LogP contribution in [0.25, 0.3) is 0 Å². The van der Waals surface area contributed by atoms with Gasteiger partial charge in [-0.05, 0) is 26.2 Å². The molecule has 1 aliphatic carbocycles. The smallest absolute Gasteiger partial charge is 0.136 e. The van der Waals surface area contributed by atoms with E-state index in [4.69, 9.17) is 5.21 Å². The molecule has 86 valence electrons. The third kappa shape index (κ3) is 2.23. The molecule has 2 N–H and O–H groups in total. The zero-order valence-electron chi connectivity index (χ0n) is 10.3. The molecule has 0 aliphatic heterocycles. The minimum Gasteiger partial charge on any atom is -0.411 e. The maximum Gasteiger partial charge on any atom is 0.136 e. The Morgan fingerprint density at radius 1 is 1.60 bits per heavy atom. The quantitative estimate of drug-likeness (QED) is 0.400. The summed E-state index contributed by atoms with van der Waals surface area (Å²) in [5, 5.41) is 12.6. The Balaban J connectivity index is 2.87. The Hall–Kier alpha value is -0.830.